The fourth-order valence-corrected chi connectivity index (χ4v) is 3.47. The number of rotatable bonds is 4. The highest BCUT2D eigenvalue weighted by molar-refractivity contribution is 6.00. The first-order chi connectivity index (χ1) is 14.2. The van der Waals surface area contributed by atoms with Crippen molar-refractivity contribution in [3.8, 4) is 11.1 Å². The van der Waals surface area contributed by atoms with E-state index >= 15 is 0 Å². The van der Waals surface area contributed by atoms with Crippen molar-refractivity contribution >= 4 is 11.8 Å². The second-order valence-corrected chi connectivity index (χ2v) is 6.51. The Morgan fingerprint density at radius 1 is 0.966 bits per heavy atom. The molecule has 29 heavy (non-hydrogen) atoms. The molecule has 0 atom stereocenters. The average molecular weight is 388 g/mol. The highest BCUT2D eigenvalue weighted by Crippen LogP contribution is 2.28. The van der Waals surface area contributed by atoms with Gasteiger partial charge in [-0.25, -0.2) is 5.48 Å². The summed E-state index contributed by atoms with van der Waals surface area (Å²) in [4.78, 5) is 26.4. The molecule has 0 fully saturated rings. The minimum atomic E-state index is -0.565. The smallest absolute Gasteiger partial charge is 0.275 e. The van der Waals surface area contributed by atoms with Crippen molar-refractivity contribution in [3.63, 3.8) is 0 Å². The molecule has 1 aliphatic rings. The van der Waals surface area contributed by atoms with Gasteiger partial charge in [-0.1, -0.05) is 68.4 Å². The first-order valence-electron chi connectivity index (χ1n) is 9.67. The monoisotopic (exact) mass is 388 g/mol. The number of amides is 2. The topological polar surface area (TPSA) is 69.6 Å². The number of hydroxylamine groups is 1. The minimum Gasteiger partial charge on any atom is -0.330 e. The van der Waals surface area contributed by atoms with Crippen LogP contribution in [0, 0.1) is 0 Å². The molecule has 3 aromatic carbocycles. The minimum absolute atomic E-state index is 0.0176. The number of carbonyl (C=O) groups is 2. The first-order valence-corrected chi connectivity index (χ1v) is 9.67. The molecule has 0 saturated carbocycles. The van der Waals surface area contributed by atoms with Gasteiger partial charge in [0.25, 0.3) is 11.8 Å². The normalized spacial score (nSPS) is 12.1. The number of carbonyl (C=O) groups excluding carboxylic acids is 2. The van der Waals surface area contributed by atoms with Crippen LogP contribution in [0.3, 0.4) is 0 Å². The van der Waals surface area contributed by atoms with E-state index in [1.807, 2.05) is 80.6 Å². The maximum Gasteiger partial charge on any atom is 0.275 e. The van der Waals surface area contributed by atoms with Gasteiger partial charge < -0.3 is 4.90 Å². The van der Waals surface area contributed by atoms with Crippen LogP contribution in [0.25, 0.3) is 11.1 Å². The Morgan fingerprint density at radius 3 is 2.34 bits per heavy atom. The summed E-state index contributed by atoms with van der Waals surface area (Å²) < 4.78 is 0. The Morgan fingerprint density at radius 2 is 1.66 bits per heavy atom. The van der Waals surface area contributed by atoms with Crippen molar-refractivity contribution < 1.29 is 14.8 Å². The molecule has 2 N–H and O–H groups in total. The molecule has 4 rings (SSSR count). The average Bonchev–Trinajstić information content (AvgIpc) is 3.10. The van der Waals surface area contributed by atoms with E-state index in [1.54, 1.807) is 16.4 Å². The van der Waals surface area contributed by atoms with Gasteiger partial charge in [-0.05, 0) is 40.5 Å². The van der Waals surface area contributed by atoms with Crippen LogP contribution in [-0.2, 0) is 13.1 Å². The molecule has 5 nitrogen and oxygen atoms in total. The number of nitrogens with one attached hydrogen (secondary N) is 1. The predicted octanol–water partition coefficient (Wildman–Crippen LogP) is 4.65. The van der Waals surface area contributed by atoms with Crippen molar-refractivity contribution in [3.05, 3.63) is 95.1 Å². The molecular formula is C24H24N2O3. The Labute approximate surface area is 170 Å². The maximum absolute atomic E-state index is 12.6. The Bertz CT molecular complexity index is 1020. The van der Waals surface area contributed by atoms with E-state index in [2.05, 4.69) is 0 Å². The molecule has 0 saturated heterocycles. The van der Waals surface area contributed by atoms with Gasteiger partial charge in [0.05, 0.1) is 0 Å². The van der Waals surface area contributed by atoms with Crippen molar-refractivity contribution in [2.45, 2.75) is 26.9 Å². The van der Waals surface area contributed by atoms with Gasteiger partial charge >= 0.3 is 0 Å². The van der Waals surface area contributed by atoms with Gasteiger partial charge in [-0.15, -0.1) is 0 Å². The zero-order chi connectivity index (χ0) is 20.8. The summed E-state index contributed by atoms with van der Waals surface area (Å²) in [5, 5.41) is 9.04. The van der Waals surface area contributed by atoms with Gasteiger partial charge in [0.2, 0.25) is 0 Å². The standard InChI is InChI=1S/C22H18N2O3.C2H6/c25-21(23-27)19-11-10-15(12-20(19)16-6-2-1-3-7-16)13-24-14-17-8-4-5-9-18(17)22(24)26;1-2/h1-12,27H,13-14H2,(H,23,25);1-2H3. The second kappa shape index (κ2) is 9.17. The molecule has 0 aromatic heterocycles. The summed E-state index contributed by atoms with van der Waals surface area (Å²) in [6, 6.07) is 22.5. The van der Waals surface area contributed by atoms with Crippen LogP contribution < -0.4 is 5.48 Å². The van der Waals surface area contributed by atoms with Gasteiger partial charge in [-0.2, -0.15) is 0 Å². The zero-order valence-electron chi connectivity index (χ0n) is 16.6. The Hall–Kier alpha value is -3.44. The molecule has 148 valence electrons. The molecule has 0 unspecified atom stereocenters. The molecule has 0 spiro atoms. The van der Waals surface area contributed by atoms with Crippen molar-refractivity contribution in [1.29, 1.82) is 0 Å². The van der Waals surface area contributed by atoms with Gasteiger partial charge in [0.1, 0.15) is 0 Å². The van der Waals surface area contributed by atoms with E-state index in [-0.39, 0.29) is 5.91 Å². The molecule has 2 amide bonds. The number of hydrogen-bond acceptors (Lipinski definition) is 3. The molecular weight excluding hydrogens is 364 g/mol. The lowest BCUT2D eigenvalue weighted by atomic mass is 9.96. The van der Waals surface area contributed by atoms with E-state index in [0.717, 1.165) is 22.3 Å². The Kier molecular flexibility index (Phi) is 6.42. The Balaban J connectivity index is 0.00000117. The summed E-state index contributed by atoms with van der Waals surface area (Å²) in [6.07, 6.45) is 0. The molecule has 0 radical (unpaired) electrons. The summed E-state index contributed by atoms with van der Waals surface area (Å²) in [5.41, 5.74) is 6.36. The predicted molar refractivity (Wildman–Crippen MR) is 112 cm³/mol. The maximum atomic E-state index is 12.6. The third kappa shape index (κ3) is 4.20. The lowest BCUT2D eigenvalue weighted by Gasteiger charge is -2.17. The molecule has 0 bridgehead atoms. The summed E-state index contributed by atoms with van der Waals surface area (Å²) >= 11 is 0. The lowest BCUT2D eigenvalue weighted by Crippen LogP contribution is -2.23. The van der Waals surface area contributed by atoms with Crippen LogP contribution in [0.2, 0.25) is 0 Å². The van der Waals surface area contributed by atoms with Crippen molar-refractivity contribution in [1.82, 2.24) is 10.4 Å². The fourth-order valence-electron chi connectivity index (χ4n) is 3.47. The lowest BCUT2D eigenvalue weighted by molar-refractivity contribution is 0.0706. The highest BCUT2D eigenvalue weighted by Gasteiger charge is 2.27. The fraction of sp³-hybridized carbons (Fsp3) is 0.167. The van der Waals surface area contributed by atoms with Crippen molar-refractivity contribution in [2.75, 3.05) is 0 Å². The number of fused-ring (bicyclic) bond motifs is 1. The van der Waals surface area contributed by atoms with Crippen LogP contribution in [0.1, 0.15) is 45.7 Å². The van der Waals surface area contributed by atoms with Crippen LogP contribution in [0.4, 0.5) is 0 Å². The molecule has 1 heterocycles. The zero-order valence-corrected chi connectivity index (χ0v) is 16.6. The molecule has 1 aliphatic heterocycles. The number of nitrogens with zero attached hydrogens (tertiary/aromatic N) is 1. The highest BCUT2D eigenvalue weighted by atomic mass is 16.5. The van der Waals surface area contributed by atoms with Crippen LogP contribution >= 0.6 is 0 Å². The summed E-state index contributed by atoms with van der Waals surface area (Å²) in [6.45, 7) is 5.03. The SMILES string of the molecule is CC.O=C(NO)c1ccc(CN2Cc3ccccc3C2=O)cc1-c1ccccc1. The number of hydrogen-bond donors (Lipinski definition) is 2. The van der Waals surface area contributed by atoms with E-state index in [9.17, 15) is 9.59 Å². The summed E-state index contributed by atoms with van der Waals surface area (Å²) in [7, 11) is 0. The van der Waals surface area contributed by atoms with Gasteiger partial charge in [0, 0.05) is 24.2 Å². The van der Waals surface area contributed by atoms with Crippen LogP contribution in [0.15, 0.2) is 72.8 Å². The van der Waals surface area contributed by atoms with Gasteiger partial charge in [0.15, 0.2) is 0 Å². The molecule has 5 heteroatoms. The third-order valence-corrected chi connectivity index (χ3v) is 4.78. The largest absolute Gasteiger partial charge is 0.330 e. The van der Waals surface area contributed by atoms with E-state index in [1.165, 1.54) is 0 Å². The first kappa shape index (κ1) is 20.3. The van der Waals surface area contributed by atoms with Crippen LogP contribution in [0.5, 0.6) is 0 Å². The van der Waals surface area contributed by atoms with E-state index in [0.29, 0.717) is 24.2 Å². The van der Waals surface area contributed by atoms with Crippen molar-refractivity contribution in [2.24, 2.45) is 0 Å². The summed E-state index contributed by atoms with van der Waals surface area (Å²) in [5.74, 6) is -0.547. The molecule has 3 aromatic rings. The molecule has 0 aliphatic carbocycles. The third-order valence-electron chi connectivity index (χ3n) is 4.78. The van der Waals surface area contributed by atoms with E-state index in [4.69, 9.17) is 5.21 Å². The van der Waals surface area contributed by atoms with Crippen LogP contribution in [-0.4, -0.2) is 21.9 Å². The van der Waals surface area contributed by atoms with Gasteiger partial charge in [-0.3, -0.25) is 14.8 Å². The van der Waals surface area contributed by atoms with E-state index < -0.39 is 5.91 Å². The number of benzene rings is 3. The second-order valence-electron chi connectivity index (χ2n) is 6.51. The quantitative estimate of drug-likeness (QED) is 0.505.